The molecule has 0 spiro atoms. The van der Waals surface area contributed by atoms with Crippen LogP contribution in [0.1, 0.15) is 23.1 Å². The number of nitro groups is 2. The van der Waals surface area contributed by atoms with Gasteiger partial charge in [0, 0.05) is 6.07 Å². The van der Waals surface area contributed by atoms with E-state index in [1.165, 1.54) is 17.3 Å². The Kier molecular flexibility index (Phi) is 5.06. The Bertz CT molecular complexity index is 957. The van der Waals surface area contributed by atoms with Gasteiger partial charge in [-0.1, -0.05) is 12.1 Å². The van der Waals surface area contributed by atoms with Gasteiger partial charge in [0.2, 0.25) is 0 Å². The van der Waals surface area contributed by atoms with Gasteiger partial charge in [-0.25, -0.2) is 10.2 Å². The van der Waals surface area contributed by atoms with Gasteiger partial charge in [-0.15, -0.1) is 0 Å². The zero-order valence-corrected chi connectivity index (χ0v) is 14.0. The number of fused-ring (bicyclic) bond motifs is 1. The van der Waals surface area contributed by atoms with Crippen LogP contribution in [0.5, 0.6) is 0 Å². The molecule has 1 aliphatic carbocycles. The highest BCUT2D eigenvalue weighted by Gasteiger charge is 2.20. The number of urea groups is 1. The summed E-state index contributed by atoms with van der Waals surface area (Å²) in [4.78, 5) is 32.1. The van der Waals surface area contributed by atoms with E-state index in [2.05, 4.69) is 15.8 Å². The zero-order chi connectivity index (χ0) is 19.4. The van der Waals surface area contributed by atoms with Crippen molar-refractivity contribution < 1.29 is 14.6 Å². The predicted octanol–water partition coefficient (Wildman–Crippen LogP) is 3.15. The molecule has 0 saturated heterocycles. The lowest BCUT2D eigenvalue weighted by Crippen LogP contribution is -2.24. The number of nitrogens with one attached hydrogen (secondary N) is 2. The Morgan fingerprint density at radius 2 is 1.81 bits per heavy atom. The lowest BCUT2D eigenvalue weighted by molar-refractivity contribution is -0.393. The molecule has 0 fully saturated rings. The maximum atomic E-state index is 11.9. The molecule has 2 aromatic rings. The highest BCUT2D eigenvalue weighted by atomic mass is 16.6. The Hall–Kier alpha value is -3.82. The van der Waals surface area contributed by atoms with Gasteiger partial charge in [-0.05, 0) is 48.1 Å². The molecule has 27 heavy (non-hydrogen) atoms. The van der Waals surface area contributed by atoms with Crippen molar-refractivity contribution in [2.24, 2.45) is 5.10 Å². The molecule has 0 saturated carbocycles. The molecule has 0 bridgehead atoms. The Morgan fingerprint density at radius 3 is 2.56 bits per heavy atom. The van der Waals surface area contributed by atoms with Gasteiger partial charge in [-0.3, -0.25) is 20.2 Å². The van der Waals surface area contributed by atoms with E-state index in [0.29, 0.717) is 0 Å². The average Bonchev–Trinajstić information content (AvgIpc) is 3.09. The zero-order valence-electron chi connectivity index (χ0n) is 14.0. The van der Waals surface area contributed by atoms with Gasteiger partial charge in [0.05, 0.1) is 22.1 Å². The third kappa shape index (κ3) is 4.24. The molecule has 0 radical (unpaired) electrons. The monoisotopic (exact) mass is 369 g/mol. The summed E-state index contributed by atoms with van der Waals surface area (Å²) in [6.45, 7) is 0. The van der Waals surface area contributed by atoms with Crippen LogP contribution in [0.3, 0.4) is 0 Å². The summed E-state index contributed by atoms with van der Waals surface area (Å²) < 4.78 is 0. The fourth-order valence-electron chi connectivity index (χ4n) is 2.88. The standard InChI is InChI=1S/C17H15N5O5/c23-17(19-15-7-6-14(21(24)25)9-16(15)22(26)27)20-18-10-11-4-5-12-2-1-3-13(12)8-11/h4-10H,1-3H2,(H2,19,20,23)/b18-10+. The number of nitro benzene ring substituents is 2. The first-order valence-electron chi connectivity index (χ1n) is 8.09. The molecule has 10 heteroatoms. The van der Waals surface area contributed by atoms with Crippen molar-refractivity contribution in [2.45, 2.75) is 19.3 Å². The van der Waals surface area contributed by atoms with Crippen LogP contribution in [0, 0.1) is 20.2 Å². The fraction of sp³-hybridized carbons (Fsp3) is 0.176. The summed E-state index contributed by atoms with van der Waals surface area (Å²) in [6, 6.07) is 8.08. The van der Waals surface area contributed by atoms with Gasteiger partial charge in [-0.2, -0.15) is 5.10 Å². The SMILES string of the molecule is O=C(N/N=C/c1ccc2c(c1)CCC2)Nc1ccc([N+](=O)[O-])cc1[N+](=O)[O-]. The van der Waals surface area contributed by atoms with Gasteiger partial charge in [0.15, 0.2) is 0 Å². The maximum Gasteiger partial charge on any atom is 0.339 e. The third-order valence-electron chi connectivity index (χ3n) is 4.14. The minimum absolute atomic E-state index is 0.171. The molecule has 0 aliphatic heterocycles. The highest BCUT2D eigenvalue weighted by molar-refractivity contribution is 5.92. The van der Waals surface area contributed by atoms with Crippen LogP contribution < -0.4 is 10.7 Å². The smallest absolute Gasteiger partial charge is 0.301 e. The number of benzene rings is 2. The second kappa shape index (κ2) is 7.60. The van der Waals surface area contributed by atoms with E-state index in [1.54, 1.807) is 0 Å². The summed E-state index contributed by atoms with van der Waals surface area (Å²) in [5.41, 5.74) is 4.44. The number of hydrazone groups is 1. The molecule has 1 aliphatic rings. The summed E-state index contributed by atoms with van der Waals surface area (Å²) in [7, 11) is 0. The van der Waals surface area contributed by atoms with E-state index in [9.17, 15) is 25.0 Å². The number of rotatable bonds is 5. The molecular weight excluding hydrogens is 354 g/mol. The van der Waals surface area contributed by atoms with Gasteiger partial charge >= 0.3 is 6.03 Å². The van der Waals surface area contributed by atoms with E-state index in [4.69, 9.17) is 0 Å². The van der Waals surface area contributed by atoms with Crippen molar-refractivity contribution in [2.75, 3.05) is 5.32 Å². The Labute approximate surface area is 153 Å². The van der Waals surface area contributed by atoms with Crippen LogP contribution in [0.25, 0.3) is 0 Å². The lowest BCUT2D eigenvalue weighted by atomic mass is 10.1. The second-order valence-electron chi connectivity index (χ2n) is 5.92. The van der Waals surface area contributed by atoms with E-state index in [0.717, 1.165) is 43.0 Å². The molecule has 3 rings (SSSR count). The quantitative estimate of drug-likeness (QED) is 0.473. The molecule has 138 valence electrons. The van der Waals surface area contributed by atoms with Crippen LogP contribution in [0.2, 0.25) is 0 Å². The number of nitrogens with zero attached hydrogens (tertiary/aromatic N) is 3. The third-order valence-corrected chi connectivity index (χ3v) is 4.14. The Morgan fingerprint density at radius 1 is 1.04 bits per heavy atom. The van der Waals surface area contributed by atoms with Crippen molar-refractivity contribution in [3.8, 4) is 0 Å². The highest BCUT2D eigenvalue weighted by Crippen LogP contribution is 2.28. The van der Waals surface area contributed by atoms with E-state index in [1.807, 2.05) is 18.2 Å². The minimum Gasteiger partial charge on any atom is -0.301 e. The molecule has 0 unspecified atom stereocenters. The van der Waals surface area contributed by atoms with Gasteiger partial charge in [0.25, 0.3) is 11.4 Å². The average molecular weight is 369 g/mol. The van der Waals surface area contributed by atoms with Crippen molar-refractivity contribution >= 4 is 29.3 Å². The molecule has 10 nitrogen and oxygen atoms in total. The lowest BCUT2D eigenvalue weighted by Gasteiger charge is -2.05. The van der Waals surface area contributed by atoms with Crippen LogP contribution in [-0.2, 0) is 12.8 Å². The topological polar surface area (TPSA) is 140 Å². The van der Waals surface area contributed by atoms with Gasteiger partial charge in [0.1, 0.15) is 5.69 Å². The number of hydrogen-bond acceptors (Lipinski definition) is 6. The van der Waals surface area contributed by atoms with Crippen LogP contribution in [0.15, 0.2) is 41.5 Å². The predicted molar refractivity (Wildman–Crippen MR) is 98.0 cm³/mol. The number of carbonyl (C=O) groups excluding carboxylic acids is 1. The first-order valence-corrected chi connectivity index (χ1v) is 8.09. The van der Waals surface area contributed by atoms with E-state index < -0.39 is 27.3 Å². The Balaban J connectivity index is 1.65. The molecule has 0 atom stereocenters. The van der Waals surface area contributed by atoms with Gasteiger partial charge < -0.3 is 5.32 Å². The first-order chi connectivity index (χ1) is 12.9. The molecular formula is C17H15N5O5. The van der Waals surface area contributed by atoms with Crippen LogP contribution in [0.4, 0.5) is 21.9 Å². The van der Waals surface area contributed by atoms with Crippen LogP contribution >= 0.6 is 0 Å². The summed E-state index contributed by atoms with van der Waals surface area (Å²) in [6.07, 6.45) is 4.70. The number of non-ortho nitro benzene ring substituents is 1. The normalized spacial score (nSPS) is 12.6. The minimum atomic E-state index is -0.809. The summed E-state index contributed by atoms with van der Waals surface area (Å²) >= 11 is 0. The van der Waals surface area contributed by atoms with Crippen LogP contribution in [-0.4, -0.2) is 22.1 Å². The molecule has 2 amide bonds. The number of hydrogen-bond donors (Lipinski definition) is 2. The number of aryl methyl sites for hydroxylation is 2. The molecule has 0 aromatic heterocycles. The summed E-state index contributed by atoms with van der Waals surface area (Å²) in [5.74, 6) is 0. The summed E-state index contributed by atoms with van der Waals surface area (Å²) in [5, 5.41) is 27.8. The number of anilines is 1. The fourth-order valence-corrected chi connectivity index (χ4v) is 2.88. The maximum absolute atomic E-state index is 11.9. The van der Waals surface area contributed by atoms with E-state index in [-0.39, 0.29) is 5.69 Å². The largest absolute Gasteiger partial charge is 0.339 e. The van der Waals surface area contributed by atoms with Crippen molar-refractivity contribution in [3.05, 3.63) is 73.3 Å². The van der Waals surface area contributed by atoms with Crippen molar-refractivity contribution in [1.82, 2.24) is 5.43 Å². The second-order valence-corrected chi connectivity index (χ2v) is 5.92. The molecule has 2 aromatic carbocycles. The first kappa shape index (κ1) is 18.0. The molecule has 2 N–H and O–H groups in total. The van der Waals surface area contributed by atoms with E-state index >= 15 is 0 Å². The number of amides is 2. The molecule has 0 heterocycles. The van der Waals surface area contributed by atoms with Crippen molar-refractivity contribution in [3.63, 3.8) is 0 Å². The number of carbonyl (C=O) groups is 1. The van der Waals surface area contributed by atoms with Crippen molar-refractivity contribution in [1.29, 1.82) is 0 Å².